The average molecular weight is 304 g/mol. The monoisotopic (exact) mass is 304 g/mol. The van der Waals surface area contributed by atoms with E-state index in [1.165, 1.54) is 11.3 Å². The Labute approximate surface area is 126 Å². The number of carbonyl (C=O) groups excluding carboxylic acids is 2. The largest absolute Gasteiger partial charge is 0.368 e. The van der Waals surface area contributed by atoms with Gasteiger partial charge in [-0.05, 0) is 25.0 Å². The van der Waals surface area contributed by atoms with Crippen molar-refractivity contribution in [3.63, 3.8) is 0 Å². The Morgan fingerprint density at radius 3 is 2.86 bits per heavy atom. The van der Waals surface area contributed by atoms with Crippen LogP contribution in [0, 0.1) is 0 Å². The first kappa shape index (κ1) is 13.8. The number of nitrogens with two attached hydrogens (primary N) is 1. The van der Waals surface area contributed by atoms with E-state index in [1.54, 1.807) is 4.90 Å². The van der Waals surface area contributed by atoms with Crippen molar-refractivity contribution in [2.45, 2.75) is 25.3 Å². The van der Waals surface area contributed by atoms with E-state index in [-0.39, 0.29) is 12.3 Å². The summed E-state index contributed by atoms with van der Waals surface area (Å²) in [6.45, 7) is 0.598. The molecule has 1 fully saturated rings. The molecule has 0 aromatic carbocycles. The molecule has 1 aliphatic heterocycles. The first-order valence-electron chi connectivity index (χ1n) is 6.81. The summed E-state index contributed by atoms with van der Waals surface area (Å²) in [7, 11) is 0. The van der Waals surface area contributed by atoms with E-state index in [9.17, 15) is 9.59 Å². The van der Waals surface area contributed by atoms with Gasteiger partial charge in [-0.3, -0.25) is 9.59 Å². The Balaban J connectivity index is 1.69. The summed E-state index contributed by atoms with van der Waals surface area (Å²) >= 11 is 1.49. The fourth-order valence-electron chi connectivity index (χ4n) is 2.58. The second-order valence-corrected chi connectivity index (χ2v) is 5.87. The van der Waals surface area contributed by atoms with Crippen molar-refractivity contribution in [2.75, 3.05) is 6.54 Å². The first-order valence-corrected chi connectivity index (χ1v) is 7.69. The van der Waals surface area contributed by atoms with Crippen molar-refractivity contribution >= 4 is 23.2 Å². The highest BCUT2D eigenvalue weighted by Crippen LogP contribution is 2.20. The Bertz CT molecular complexity index is 650. The summed E-state index contributed by atoms with van der Waals surface area (Å²) in [6, 6.07) is 3.39. The van der Waals surface area contributed by atoms with Crippen LogP contribution in [0.5, 0.6) is 0 Å². The van der Waals surface area contributed by atoms with Gasteiger partial charge in [0.15, 0.2) is 5.13 Å². The van der Waals surface area contributed by atoms with Crippen molar-refractivity contribution in [1.82, 2.24) is 14.5 Å². The van der Waals surface area contributed by atoms with Crippen LogP contribution >= 0.6 is 11.3 Å². The van der Waals surface area contributed by atoms with Crippen LogP contribution in [0.3, 0.4) is 0 Å². The predicted molar refractivity (Wildman–Crippen MR) is 79.1 cm³/mol. The highest BCUT2D eigenvalue weighted by Gasteiger charge is 2.32. The molecule has 2 aromatic rings. The molecule has 3 heterocycles. The molecule has 0 radical (unpaired) electrons. The molecule has 2 aromatic heterocycles. The number of aromatic nitrogens is 2. The summed E-state index contributed by atoms with van der Waals surface area (Å²) in [4.78, 5) is 29.7. The molecule has 0 saturated carbocycles. The summed E-state index contributed by atoms with van der Waals surface area (Å²) in [5, 5.41) is 2.71. The number of primary amides is 1. The number of thiazole rings is 1. The van der Waals surface area contributed by atoms with Gasteiger partial charge in [0.2, 0.25) is 11.8 Å². The number of likely N-dealkylation sites (tertiary alicyclic amines) is 1. The highest BCUT2D eigenvalue weighted by atomic mass is 32.1. The lowest BCUT2D eigenvalue weighted by Gasteiger charge is -2.21. The predicted octanol–water partition coefficient (Wildman–Crippen LogP) is 0.953. The minimum absolute atomic E-state index is 0.0827. The van der Waals surface area contributed by atoms with Crippen molar-refractivity contribution in [3.05, 3.63) is 35.6 Å². The Kier molecular flexibility index (Phi) is 3.74. The Morgan fingerprint density at radius 2 is 2.14 bits per heavy atom. The SMILES string of the molecule is NC(=O)C1CCCN1C(=O)Cc1csc(-n2cccc2)n1. The molecule has 0 bridgehead atoms. The van der Waals surface area contributed by atoms with Gasteiger partial charge in [0.25, 0.3) is 0 Å². The smallest absolute Gasteiger partial charge is 0.240 e. The first-order chi connectivity index (χ1) is 10.1. The molecule has 6 nitrogen and oxygen atoms in total. The standard InChI is InChI=1S/C14H16N4O2S/c15-13(20)11-4-3-7-18(11)12(19)8-10-9-21-14(16-10)17-5-1-2-6-17/h1-2,5-6,9,11H,3-4,7-8H2,(H2,15,20). The average Bonchev–Trinajstić information content (AvgIpc) is 3.19. The van der Waals surface area contributed by atoms with E-state index in [2.05, 4.69) is 4.98 Å². The lowest BCUT2D eigenvalue weighted by atomic mass is 10.2. The maximum absolute atomic E-state index is 12.3. The quantitative estimate of drug-likeness (QED) is 0.913. The molecule has 7 heteroatoms. The second kappa shape index (κ2) is 5.69. The molecule has 0 spiro atoms. The number of amides is 2. The summed E-state index contributed by atoms with van der Waals surface area (Å²) in [5.41, 5.74) is 6.06. The summed E-state index contributed by atoms with van der Waals surface area (Å²) in [6.07, 6.45) is 5.52. The van der Waals surface area contributed by atoms with Gasteiger partial charge in [-0.1, -0.05) is 0 Å². The van der Waals surface area contributed by atoms with Gasteiger partial charge in [0, 0.05) is 24.3 Å². The zero-order chi connectivity index (χ0) is 14.8. The van der Waals surface area contributed by atoms with Gasteiger partial charge < -0.3 is 15.2 Å². The van der Waals surface area contributed by atoms with E-state index in [1.807, 2.05) is 34.5 Å². The van der Waals surface area contributed by atoms with Crippen LogP contribution in [-0.4, -0.2) is 38.9 Å². The van der Waals surface area contributed by atoms with Crippen LogP contribution < -0.4 is 5.73 Å². The van der Waals surface area contributed by atoms with Crippen molar-refractivity contribution < 1.29 is 9.59 Å². The third-order valence-corrected chi connectivity index (χ3v) is 4.50. The third kappa shape index (κ3) is 2.82. The molecular formula is C14H16N4O2S. The molecule has 1 saturated heterocycles. The van der Waals surface area contributed by atoms with Gasteiger partial charge >= 0.3 is 0 Å². The maximum Gasteiger partial charge on any atom is 0.240 e. The molecule has 1 atom stereocenters. The molecule has 0 aliphatic carbocycles. The molecule has 1 unspecified atom stereocenters. The third-order valence-electron chi connectivity index (χ3n) is 3.60. The number of hydrogen-bond acceptors (Lipinski definition) is 4. The molecule has 2 amide bonds. The fourth-order valence-corrected chi connectivity index (χ4v) is 3.37. The van der Waals surface area contributed by atoms with Crippen LogP contribution in [0.15, 0.2) is 29.9 Å². The molecule has 1 aliphatic rings. The van der Waals surface area contributed by atoms with Crippen molar-refractivity contribution in [1.29, 1.82) is 0 Å². The normalized spacial score (nSPS) is 18.1. The Morgan fingerprint density at radius 1 is 1.38 bits per heavy atom. The number of nitrogens with zero attached hydrogens (tertiary/aromatic N) is 3. The topological polar surface area (TPSA) is 81.2 Å². The van der Waals surface area contributed by atoms with Crippen LogP contribution in [0.25, 0.3) is 5.13 Å². The minimum Gasteiger partial charge on any atom is -0.368 e. The molecule has 21 heavy (non-hydrogen) atoms. The number of rotatable bonds is 4. The summed E-state index contributed by atoms with van der Waals surface area (Å²) < 4.78 is 1.90. The molecule has 2 N–H and O–H groups in total. The number of carbonyl (C=O) groups is 2. The van der Waals surface area contributed by atoms with Gasteiger partial charge in [-0.25, -0.2) is 4.98 Å². The molecule has 110 valence electrons. The van der Waals surface area contributed by atoms with Crippen molar-refractivity contribution in [2.24, 2.45) is 5.73 Å². The van der Waals surface area contributed by atoms with Crippen LogP contribution in [-0.2, 0) is 16.0 Å². The maximum atomic E-state index is 12.3. The van der Waals surface area contributed by atoms with E-state index in [0.29, 0.717) is 13.0 Å². The van der Waals surface area contributed by atoms with Crippen molar-refractivity contribution in [3.8, 4) is 5.13 Å². The lowest BCUT2D eigenvalue weighted by Crippen LogP contribution is -2.44. The van der Waals surface area contributed by atoms with E-state index >= 15 is 0 Å². The Hall–Kier alpha value is -2.15. The van der Waals surface area contributed by atoms with E-state index in [4.69, 9.17) is 5.73 Å². The van der Waals surface area contributed by atoms with Crippen LogP contribution in [0.4, 0.5) is 0 Å². The van der Waals surface area contributed by atoms with Crippen LogP contribution in [0.1, 0.15) is 18.5 Å². The zero-order valence-corrected chi connectivity index (χ0v) is 12.3. The van der Waals surface area contributed by atoms with Crippen LogP contribution in [0.2, 0.25) is 0 Å². The fraction of sp³-hybridized carbons (Fsp3) is 0.357. The second-order valence-electron chi connectivity index (χ2n) is 5.04. The number of hydrogen-bond donors (Lipinski definition) is 1. The van der Waals surface area contributed by atoms with E-state index < -0.39 is 11.9 Å². The zero-order valence-electron chi connectivity index (χ0n) is 11.4. The summed E-state index contributed by atoms with van der Waals surface area (Å²) in [5.74, 6) is -0.507. The van der Waals surface area contributed by atoms with Gasteiger partial charge in [-0.15, -0.1) is 11.3 Å². The minimum atomic E-state index is -0.458. The van der Waals surface area contributed by atoms with Gasteiger partial charge in [0.05, 0.1) is 12.1 Å². The lowest BCUT2D eigenvalue weighted by molar-refractivity contribution is -0.136. The highest BCUT2D eigenvalue weighted by molar-refractivity contribution is 7.12. The van der Waals surface area contributed by atoms with Gasteiger partial charge in [0.1, 0.15) is 6.04 Å². The molecular weight excluding hydrogens is 288 g/mol. The molecule has 3 rings (SSSR count). The van der Waals surface area contributed by atoms with E-state index in [0.717, 1.165) is 17.2 Å². The van der Waals surface area contributed by atoms with Gasteiger partial charge in [-0.2, -0.15) is 0 Å².